The monoisotopic (exact) mass is 248 g/mol. The highest BCUT2D eigenvalue weighted by molar-refractivity contribution is 4.60. The van der Waals surface area contributed by atoms with E-state index in [1.807, 2.05) is 6.92 Å². The van der Waals surface area contributed by atoms with E-state index in [4.69, 9.17) is 14.2 Å². The summed E-state index contributed by atoms with van der Waals surface area (Å²) in [5.41, 5.74) is 0. The van der Waals surface area contributed by atoms with E-state index in [1.54, 1.807) is 6.92 Å². The Morgan fingerprint density at radius 1 is 0.882 bits per heavy atom. The van der Waals surface area contributed by atoms with Gasteiger partial charge < -0.3 is 19.3 Å². The van der Waals surface area contributed by atoms with Crippen LogP contribution >= 0.6 is 0 Å². The van der Waals surface area contributed by atoms with E-state index >= 15 is 0 Å². The van der Waals surface area contributed by atoms with Crippen molar-refractivity contribution in [2.24, 2.45) is 0 Å². The molecule has 0 spiro atoms. The van der Waals surface area contributed by atoms with Gasteiger partial charge in [0.05, 0.1) is 13.2 Å². The van der Waals surface area contributed by atoms with Crippen LogP contribution in [0.25, 0.3) is 0 Å². The van der Waals surface area contributed by atoms with Crippen LogP contribution in [0.4, 0.5) is 0 Å². The van der Waals surface area contributed by atoms with Gasteiger partial charge in [0.25, 0.3) is 0 Å². The van der Waals surface area contributed by atoms with Crippen LogP contribution in [0.15, 0.2) is 0 Å². The molecule has 1 N–H and O–H groups in total. The van der Waals surface area contributed by atoms with E-state index in [2.05, 4.69) is 6.92 Å². The molecule has 17 heavy (non-hydrogen) atoms. The predicted octanol–water partition coefficient (Wildman–Crippen LogP) is 2.34. The zero-order chi connectivity index (χ0) is 13.0. The smallest absolute Gasteiger partial charge is 0.188 e. The quantitative estimate of drug-likeness (QED) is 0.425. The SMILES string of the molecule is CCCCOCCCOC(C)(CO)OCCC. The van der Waals surface area contributed by atoms with Crippen LogP contribution in [0.1, 0.15) is 46.5 Å². The molecule has 0 aliphatic heterocycles. The van der Waals surface area contributed by atoms with E-state index in [1.165, 1.54) is 0 Å². The van der Waals surface area contributed by atoms with Crippen LogP contribution in [0.5, 0.6) is 0 Å². The summed E-state index contributed by atoms with van der Waals surface area (Å²) in [5, 5.41) is 9.20. The summed E-state index contributed by atoms with van der Waals surface area (Å²) in [6.07, 6.45) is 4.01. The molecule has 0 radical (unpaired) electrons. The van der Waals surface area contributed by atoms with Gasteiger partial charge in [-0.1, -0.05) is 20.3 Å². The van der Waals surface area contributed by atoms with E-state index in [-0.39, 0.29) is 6.61 Å². The molecule has 0 aliphatic carbocycles. The Kier molecular flexibility index (Phi) is 10.9. The number of aliphatic hydroxyl groups excluding tert-OH is 1. The summed E-state index contributed by atoms with van der Waals surface area (Å²) in [6, 6.07) is 0. The fraction of sp³-hybridized carbons (Fsp3) is 1.00. The lowest BCUT2D eigenvalue weighted by Gasteiger charge is -2.27. The van der Waals surface area contributed by atoms with Crippen molar-refractivity contribution in [3.8, 4) is 0 Å². The van der Waals surface area contributed by atoms with Crippen LogP contribution in [-0.4, -0.2) is 43.9 Å². The largest absolute Gasteiger partial charge is 0.391 e. The van der Waals surface area contributed by atoms with E-state index in [0.717, 1.165) is 32.3 Å². The summed E-state index contributed by atoms with van der Waals surface area (Å²) in [5.74, 6) is -0.862. The van der Waals surface area contributed by atoms with E-state index in [0.29, 0.717) is 19.8 Å². The molecule has 0 amide bonds. The lowest BCUT2D eigenvalue weighted by Crippen LogP contribution is -2.37. The van der Waals surface area contributed by atoms with Crippen molar-refractivity contribution in [3.63, 3.8) is 0 Å². The molecular weight excluding hydrogens is 220 g/mol. The molecule has 104 valence electrons. The number of hydrogen-bond donors (Lipinski definition) is 1. The van der Waals surface area contributed by atoms with Gasteiger partial charge in [-0.15, -0.1) is 0 Å². The average Bonchev–Trinajstić information content (AvgIpc) is 2.35. The lowest BCUT2D eigenvalue weighted by atomic mass is 10.3. The highest BCUT2D eigenvalue weighted by Crippen LogP contribution is 2.12. The maximum absolute atomic E-state index is 9.20. The third-order valence-corrected chi connectivity index (χ3v) is 2.38. The number of unbranched alkanes of at least 4 members (excludes halogenated alkanes) is 1. The first kappa shape index (κ1) is 16.8. The molecular formula is C13H28O4. The number of rotatable bonds is 12. The molecule has 1 atom stereocenters. The summed E-state index contributed by atoms with van der Waals surface area (Å²) in [6.45, 7) is 8.49. The van der Waals surface area contributed by atoms with Crippen LogP contribution in [-0.2, 0) is 14.2 Å². The van der Waals surface area contributed by atoms with Crippen LogP contribution in [0.2, 0.25) is 0 Å². The van der Waals surface area contributed by atoms with Gasteiger partial charge in [0.15, 0.2) is 5.79 Å². The van der Waals surface area contributed by atoms with Gasteiger partial charge in [-0.2, -0.15) is 0 Å². The van der Waals surface area contributed by atoms with Crippen LogP contribution < -0.4 is 0 Å². The zero-order valence-electron chi connectivity index (χ0n) is 11.5. The maximum atomic E-state index is 9.20. The molecule has 0 bridgehead atoms. The van der Waals surface area contributed by atoms with Crippen molar-refractivity contribution in [1.29, 1.82) is 0 Å². The molecule has 0 aromatic rings. The molecule has 4 nitrogen and oxygen atoms in total. The van der Waals surface area contributed by atoms with Crippen molar-refractivity contribution in [1.82, 2.24) is 0 Å². The molecule has 0 rings (SSSR count). The van der Waals surface area contributed by atoms with Gasteiger partial charge in [0, 0.05) is 19.8 Å². The van der Waals surface area contributed by atoms with Gasteiger partial charge in [-0.3, -0.25) is 0 Å². The summed E-state index contributed by atoms with van der Waals surface area (Å²) in [4.78, 5) is 0. The molecule has 0 saturated carbocycles. The second-order valence-corrected chi connectivity index (χ2v) is 4.31. The van der Waals surface area contributed by atoms with Crippen molar-refractivity contribution in [2.75, 3.05) is 33.0 Å². The molecule has 0 aromatic heterocycles. The maximum Gasteiger partial charge on any atom is 0.188 e. The first-order valence-corrected chi connectivity index (χ1v) is 6.65. The topological polar surface area (TPSA) is 47.9 Å². The van der Waals surface area contributed by atoms with Crippen molar-refractivity contribution in [3.05, 3.63) is 0 Å². The summed E-state index contributed by atoms with van der Waals surface area (Å²) in [7, 11) is 0. The molecule has 0 aliphatic rings. The highest BCUT2D eigenvalue weighted by Gasteiger charge is 2.24. The third kappa shape index (κ3) is 9.53. The molecule has 0 aromatic carbocycles. The Labute approximate surface area is 105 Å². The Bertz CT molecular complexity index is 163. The Balaban J connectivity index is 3.48. The Morgan fingerprint density at radius 3 is 2.12 bits per heavy atom. The minimum absolute atomic E-state index is 0.121. The first-order chi connectivity index (χ1) is 8.18. The third-order valence-electron chi connectivity index (χ3n) is 2.38. The molecule has 0 saturated heterocycles. The first-order valence-electron chi connectivity index (χ1n) is 6.65. The average molecular weight is 248 g/mol. The number of hydrogen-bond acceptors (Lipinski definition) is 4. The van der Waals surface area contributed by atoms with Crippen molar-refractivity contribution >= 4 is 0 Å². The number of aliphatic hydroxyl groups is 1. The van der Waals surface area contributed by atoms with E-state index < -0.39 is 5.79 Å². The van der Waals surface area contributed by atoms with Gasteiger partial charge in [-0.25, -0.2) is 0 Å². The molecule has 0 heterocycles. The van der Waals surface area contributed by atoms with E-state index in [9.17, 15) is 5.11 Å². The highest BCUT2D eigenvalue weighted by atomic mass is 16.7. The second-order valence-electron chi connectivity index (χ2n) is 4.31. The van der Waals surface area contributed by atoms with Gasteiger partial charge in [-0.05, 0) is 26.2 Å². The van der Waals surface area contributed by atoms with Gasteiger partial charge in [0.2, 0.25) is 0 Å². The Hall–Kier alpha value is -0.160. The summed E-state index contributed by atoms with van der Waals surface area (Å²) >= 11 is 0. The standard InChI is InChI=1S/C13H28O4/c1-4-6-9-15-10-7-11-17-13(3,12-14)16-8-5-2/h14H,4-12H2,1-3H3. The Morgan fingerprint density at radius 2 is 1.53 bits per heavy atom. The normalized spacial score (nSPS) is 14.8. The minimum atomic E-state index is -0.862. The van der Waals surface area contributed by atoms with Crippen LogP contribution in [0, 0.1) is 0 Å². The molecule has 0 fully saturated rings. The van der Waals surface area contributed by atoms with Crippen molar-refractivity contribution < 1.29 is 19.3 Å². The van der Waals surface area contributed by atoms with Gasteiger partial charge >= 0.3 is 0 Å². The fourth-order valence-corrected chi connectivity index (χ4v) is 1.25. The molecule has 4 heteroatoms. The zero-order valence-corrected chi connectivity index (χ0v) is 11.5. The number of ether oxygens (including phenoxy) is 3. The van der Waals surface area contributed by atoms with Gasteiger partial charge in [0.1, 0.15) is 0 Å². The second kappa shape index (κ2) is 11.0. The van der Waals surface area contributed by atoms with Crippen LogP contribution in [0.3, 0.4) is 0 Å². The molecule has 1 unspecified atom stereocenters. The lowest BCUT2D eigenvalue weighted by molar-refractivity contribution is -0.244. The van der Waals surface area contributed by atoms with Crippen molar-refractivity contribution in [2.45, 2.75) is 52.2 Å². The minimum Gasteiger partial charge on any atom is -0.391 e. The predicted molar refractivity (Wildman–Crippen MR) is 68.0 cm³/mol. The fourth-order valence-electron chi connectivity index (χ4n) is 1.25. The summed E-state index contributed by atoms with van der Waals surface area (Å²) < 4.78 is 16.4.